The summed E-state index contributed by atoms with van der Waals surface area (Å²) in [6.07, 6.45) is 8.71. The Morgan fingerprint density at radius 1 is 1.47 bits per heavy atom. The molecule has 1 spiro atoms. The highest BCUT2D eigenvalue weighted by Crippen LogP contribution is 2.54. The third-order valence-electron chi connectivity index (χ3n) is 4.62. The smallest absolute Gasteiger partial charge is 0.332 e. The number of carbonyl (C=O) groups excluding carboxylic acids is 1. The molecule has 0 saturated carbocycles. The number of carbonyl (C=O) groups is 1. The summed E-state index contributed by atoms with van der Waals surface area (Å²) in [5.41, 5.74) is 0.849. The van der Waals surface area contributed by atoms with Gasteiger partial charge in [-0.15, -0.1) is 0 Å². The Bertz CT molecular complexity index is 470. The van der Waals surface area contributed by atoms with Crippen LogP contribution in [-0.2, 0) is 9.53 Å². The fraction of sp³-hybridized carbons (Fsp3) is 0.615. The molecule has 0 aromatic carbocycles. The lowest BCUT2D eigenvalue weighted by atomic mass is 9.80. The van der Waals surface area contributed by atoms with Crippen LogP contribution in [0.2, 0.25) is 0 Å². The zero-order valence-electron chi connectivity index (χ0n) is 9.49. The van der Waals surface area contributed by atoms with E-state index in [1.54, 1.807) is 6.08 Å². The van der Waals surface area contributed by atoms with E-state index in [-0.39, 0.29) is 11.6 Å². The zero-order chi connectivity index (χ0) is 11.6. The summed E-state index contributed by atoms with van der Waals surface area (Å²) in [6.45, 7) is 1.16. The highest BCUT2D eigenvalue weighted by molar-refractivity contribution is 14.1. The molecule has 2 fully saturated rings. The molecule has 0 aromatic rings. The van der Waals surface area contributed by atoms with Gasteiger partial charge in [-0.3, -0.25) is 4.90 Å². The summed E-state index contributed by atoms with van der Waals surface area (Å²) in [7, 11) is 0. The first-order valence-electron chi connectivity index (χ1n) is 6.29. The molecule has 0 N–H and O–H groups in total. The van der Waals surface area contributed by atoms with Crippen LogP contribution in [0, 0.1) is 0 Å². The third-order valence-corrected chi connectivity index (χ3v) is 5.56. The lowest BCUT2D eigenvalue weighted by Crippen LogP contribution is -2.48. The molecule has 90 valence electrons. The first-order valence-corrected chi connectivity index (χ1v) is 7.37. The molecule has 4 rings (SSSR count). The molecule has 2 saturated heterocycles. The van der Waals surface area contributed by atoms with Crippen molar-refractivity contribution in [2.45, 2.75) is 43.4 Å². The molecule has 4 aliphatic rings. The molecule has 1 aliphatic carbocycles. The topological polar surface area (TPSA) is 29.5 Å². The van der Waals surface area contributed by atoms with Crippen molar-refractivity contribution in [1.29, 1.82) is 0 Å². The Labute approximate surface area is 114 Å². The average Bonchev–Trinajstić information content (AvgIpc) is 2.79. The van der Waals surface area contributed by atoms with Crippen molar-refractivity contribution in [1.82, 2.24) is 4.90 Å². The quantitative estimate of drug-likeness (QED) is 0.499. The van der Waals surface area contributed by atoms with E-state index in [1.807, 2.05) is 0 Å². The van der Waals surface area contributed by atoms with Gasteiger partial charge in [-0.25, -0.2) is 4.79 Å². The summed E-state index contributed by atoms with van der Waals surface area (Å²) in [6, 6.07) is 0.901. The normalized spacial score (nSPS) is 43.7. The largest absolute Gasteiger partial charge is 0.449 e. The van der Waals surface area contributed by atoms with Gasteiger partial charge >= 0.3 is 5.97 Å². The molecule has 2 bridgehead atoms. The second-order valence-electron chi connectivity index (χ2n) is 5.40. The lowest BCUT2D eigenvalue weighted by molar-refractivity contribution is -0.148. The van der Waals surface area contributed by atoms with Gasteiger partial charge in [-0.05, 0) is 42.0 Å². The van der Waals surface area contributed by atoms with Gasteiger partial charge in [0.05, 0.1) is 6.04 Å². The van der Waals surface area contributed by atoms with Gasteiger partial charge < -0.3 is 4.74 Å². The highest BCUT2D eigenvalue weighted by Gasteiger charge is 2.61. The maximum Gasteiger partial charge on any atom is 0.332 e. The van der Waals surface area contributed by atoms with Crippen LogP contribution in [0.25, 0.3) is 0 Å². The second kappa shape index (κ2) is 3.35. The summed E-state index contributed by atoms with van der Waals surface area (Å²) in [5.74, 6) is -0.143. The standard InChI is InChI=1S/C13H14INO2/c14-10-5-8-7-13(9(10)6-12(16)17-13)11-3-1-2-4-15(8)11/h5-6,8,11H,1-4,7H2/t8-,11?,13+/m1/s1. The van der Waals surface area contributed by atoms with Gasteiger partial charge in [-0.2, -0.15) is 0 Å². The maximum absolute atomic E-state index is 11.7. The molecule has 1 unspecified atom stereocenters. The Kier molecular flexibility index (Phi) is 2.08. The van der Waals surface area contributed by atoms with E-state index in [9.17, 15) is 4.79 Å². The van der Waals surface area contributed by atoms with Gasteiger partial charge in [-0.1, -0.05) is 12.5 Å². The summed E-state index contributed by atoms with van der Waals surface area (Å²) in [4.78, 5) is 14.2. The van der Waals surface area contributed by atoms with E-state index in [4.69, 9.17) is 4.74 Å². The molecule has 3 aliphatic heterocycles. The van der Waals surface area contributed by atoms with Gasteiger partial charge in [0.15, 0.2) is 5.60 Å². The molecule has 3 atom stereocenters. The SMILES string of the molecule is O=C1C=C2C(I)=C[C@@H]3C[C@@]2(O1)C1CCCCN13. The lowest BCUT2D eigenvalue weighted by Gasteiger charge is -2.38. The predicted molar refractivity (Wildman–Crippen MR) is 71.8 cm³/mol. The summed E-state index contributed by atoms with van der Waals surface area (Å²) >= 11 is 2.36. The highest BCUT2D eigenvalue weighted by atomic mass is 127. The van der Waals surface area contributed by atoms with E-state index in [0.29, 0.717) is 12.1 Å². The van der Waals surface area contributed by atoms with Crippen LogP contribution >= 0.6 is 22.6 Å². The fourth-order valence-electron chi connectivity index (χ4n) is 4.00. The Morgan fingerprint density at radius 3 is 3.24 bits per heavy atom. The Morgan fingerprint density at radius 2 is 2.35 bits per heavy atom. The number of hydrogen-bond acceptors (Lipinski definition) is 3. The minimum atomic E-state index is -0.298. The molecule has 17 heavy (non-hydrogen) atoms. The molecule has 0 radical (unpaired) electrons. The van der Waals surface area contributed by atoms with Gasteiger partial charge in [0, 0.05) is 27.7 Å². The van der Waals surface area contributed by atoms with Crippen LogP contribution in [0.1, 0.15) is 25.7 Å². The Balaban J connectivity index is 1.87. The number of hydrogen-bond donors (Lipinski definition) is 0. The van der Waals surface area contributed by atoms with E-state index in [0.717, 1.165) is 18.5 Å². The van der Waals surface area contributed by atoms with Crippen LogP contribution in [0.3, 0.4) is 0 Å². The minimum absolute atomic E-state index is 0.143. The van der Waals surface area contributed by atoms with Crippen LogP contribution in [0.15, 0.2) is 21.3 Å². The van der Waals surface area contributed by atoms with Gasteiger partial charge in [0.2, 0.25) is 0 Å². The number of piperidine rings is 1. The van der Waals surface area contributed by atoms with Crippen LogP contribution in [0.5, 0.6) is 0 Å². The van der Waals surface area contributed by atoms with Crippen LogP contribution in [0.4, 0.5) is 0 Å². The molecular weight excluding hydrogens is 329 g/mol. The van der Waals surface area contributed by atoms with Crippen molar-refractivity contribution in [3.63, 3.8) is 0 Å². The predicted octanol–water partition coefficient (Wildman–Crippen LogP) is 2.17. The Hall–Kier alpha value is -0.360. The van der Waals surface area contributed by atoms with Crippen molar-refractivity contribution in [2.24, 2.45) is 0 Å². The number of halogens is 1. The molecule has 4 heteroatoms. The molecule has 3 heterocycles. The van der Waals surface area contributed by atoms with E-state index in [2.05, 4.69) is 33.6 Å². The molecule has 3 nitrogen and oxygen atoms in total. The van der Waals surface area contributed by atoms with Crippen molar-refractivity contribution in [3.8, 4) is 0 Å². The maximum atomic E-state index is 11.7. The number of rotatable bonds is 0. The van der Waals surface area contributed by atoms with Gasteiger partial charge in [0.1, 0.15) is 0 Å². The van der Waals surface area contributed by atoms with Crippen molar-refractivity contribution < 1.29 is 9.53 Å². The fourth-order valence-corrected chi connectivity index (χ4v) is 5.03. The van der Waals surface area contributed by atoms with Crippen molar-refractivity contribution in [3.05, 3.63) is 21.3 Å². The molecule has 0 amide bonds. The first kappa shape index (κ1) is 10.6. The van der Waals surface area contributed by atoms with Crippen molar-refractivity contribution in [2.75, 3.05) is 6.54 Å². The summed E-state index contributed by atoms with van der Waals surface area (Å²) < 4.78 is 6.99. The number of fused-ring (bicyclic) bond motifs is 3. The minimum Gasteiger partial charge on any atom is -0.449 e. The summed E-state index contributed by atoms with van der Waals surface area (Å²) in [5, 5.41) is 0. The number of nitrogens with zero attached hydrogens (tertiary/aromatic N) is 1. The van der Waals surface area contributed by atoms with Crippen LogP contribution < -0.4 is 0 Å². The zero-order valence-corrected chi connectivity index (χ0v) is 11.6. The van der Waals surface area contributed by atoms with E-state index < -0.39 is 0 Å². The van der Waals surface area contributed by atoms with Crippen LogP contribution in [-0.4, -0.2) is 35.1 Å². The number of ether oxygens (including phenoxy) is 1. The van der Waals surface area contributed by atoms with Gasteiger partial charge in [0.25, 0.3) is 0 Å². The van der Waals surface area contributed by atoms with E-state index >= 15 is 0 Å². The molecular formula is C13H14INO2. The van der Waals surface area contributed by atoms with E-state index in [1.165, 1.54) is 22.8 Å². The number of esters is 1. The third kappa shape index (κ3) is 1.23. The monoisotopic (exact) mass is 343 g/mol. The second-order valence-corrected chi connectivity index (χ2v) is 6.57. The van der Waals surface area contributed by atoms with Crippen molar-refractivity contribution >= 4 is 28.6 Å². The average molecular weight is 343 g/mol. The first-order chi connectivity index (χ1) is 8.21. The molecule has 0 aromatic heterocycles.